The first-order chi connectivity index (χ1) is 13.9. The average Bonchev–Trinajstić information content (AvgIpc) is 3.06. The van der Waals surface area contributed by atoms with Crippen molar-refractivity contribution in [2.24, 2.45) is 0 Å². The molecule has 0 fully saturated rings. The summed E-state index contributed by atoms with van der Waals surface area (Å²) < 4.78 is 25.6. The highest BCUT2D eigenvalue weighted by Gasteiger charge is 2.24. The first-order valence-electron chi connectivity index (χ1n) is 9.89. The van der Waals surface area contributed by atoms with Gasteiger partial charge in [-0.25, -0.2) is 4.39 Å². The van der Waals surface area contributed by atoms with E-state index in [0.29, 0.717) is 33.6 Å². The van der Waals surface area contributed by atoms with Gasteiger partial charge in [-0.3, -0.25) is 4.79 Å². The van der Waals surface area contributed by atoms with Crippen molar-refractivity contribution in [3.05, 3.63) is 47.8 Å². The van der Waals surface area contributed by atoms with Crippen LogP contribution in [-0.2, 0) is 0 Å². The summed E-state index contributed by atoms with van der Waals surface area (Å²) in [5, 5.41) is 3.34. The van der Waals surface area contributed by atoms with Crippen molar-refractivity contribution in [3.63, 3.8) is 0 Å². The highest BCUT2D eigenvalue weighted by atomic mass is 19.1. The summed E-state index contributed by atoms with van der Waals surface area (Å²) in [4.78, 5) is 14.9. The smallest absolute Gasteiger partial charge is 0.255 e. The highest BCUT2D eigenvalue weighted by molar-refractivity contribution is 6.12. The lowest BCUT2D eigenvalue weighted by Crippen LogP contribution is -2.23. The van der Waals surface area contributed by atoms with E-state index in [0.717, 1.165) is 18.8 Å². The van der Waals surface area contributed by atoms with E-state index in [9.17, 15) is 9.18 Å². The second-order valence-corrected chi connectivity index (χ2v) is 7.05. The molecule has 3 aromatic rings. The van der Waals surface area contributed by atoms with E-state index in [2.05, 4.69) is 24.1 Å². The van der Waals surface area contributed by atoms with Crippen LogP contribution in [0.4, 0.5) is 10.1 Å². The maximum absolute atomic E-state index is 13.4. The van der Waals surface area contributed by atoms with Crippen molar-refractivity contribution >= 4 is 22.6 Å². The van der Waals surface area contributed by atoms with Crippen LogP contribution in [-0.4, -0.2) is 32.1 Å². The zero-order valence-corrected chi connectivity index (χ0v) is 17.5. The summed E-state index contributed by atoms with van der Waals surface area (Å²) in [6, 6.07) is 9.70. The molecule has 1 amide bonds. The largest absolute Gasteiger partial charge is 0.489 e. The summed E-state index contributed by atoms with van der Waals surface area (Å²) >= 11 is 0. The van der Waals surface area contributed by atoms with Crippen molar-refractivity contribution in [1.82, 2.24) is 5.32 Å². The van der Waals surface area contributed by atoms with Crippen LogP contribution < -0.4 is 15.0 Å². The van der Waals surface area contributed by atoms with Gasteiger partial charge in [0.15, 0.2) is 0 Å². The predicted molar refractivity (Wildman–Crippen MR) is 114 cm³/mol. The zero-order chi connectivity index (χ0) is 21.1. The molecule has 0 atom stereocenters. The monoisotopic (exact) mass is 398 g/mol. The summed E-state index contributed by atoms with van der Waals surface area (Å²) in [6.45, 7) is 9.71. The maximum Gasteiger partial charge on any atom is 0.255 e. The summed E-state index contributed by atoms with van der Waals surface area (Å²) in [5.41, 5.74) is 2.55. The Kier molecular flexibility index (Phi) is 6.11. The van der Waals surface area contributed by atoms with Crippen molar-refractivity contribution in [2.45, 2.75) is 33.8 Å². The van der Waals surface area contributed by atoms with E-state index in [1.807, 2.05) is 26.0 Å². The third kappa shape index (κ3) is 4.06. The first kappa shape index (κ1) is 20.7. The molecule has 29 heavy (non-hydrogen) atoms. The Labute approximate surface area is 170 Å². The number of hydrogen-bond donors (Lipinski definition) is 1. The molecule has 6 heteroatoms. The van der Waals surface area contributed by atoms with Crippen LogP contribution in [0.3, 0.4) is 0 Å². The molecular formula is C23H27FN2O3. The fourth-order valence-corrected chi connectivity index (χ4v) is 3.43. The Morgan fingerprint density at radius 3 is 2.38 bits per heavy atom. The van der Waals surface area contributed by atoms with Gasteiger partial charge in [-0.2, -0.15) is 0 Å². The average molecular weight is 398 g/mol. The number of furan rings is 1. The molecule has 0 saturated heterocycles. The van der Waals surface area contributed by atoms with E-state index in [-0.39, 0.29) is 17.8 Å². The van der Waals surface area contributed by atoms with E-state index in [1.54, 1.807) is 19.2 Å². The van der Waals surface area contributed by atoms with Crippen LogP contribution in [0.2, 0.25) is 0 Å². The van der Waals surface area contributed by atoms with Gasteiger partial charge in [0.1, 0.15) is 22.9 Å². The number of ether oxygens (including phenoxy) is 1. The SMILES string of the molecule is CCN(CC)c1cc2oc(-c3ccc(F)cc3)c(C(=O)NC)c2cc1OC(C)C. The molecular weight excluding hydrogens is 371 g/mol. The topological polar surface area (TPSA) is 54.7 Å². The number of rotatable bonds is 7. The molecule has 1 N–H and O–H groups in total. The molecule has 5 nitrogen and oxygen atoms in total. The number of carbonyl (C=O) groups excluding carboxylic acids is 1. The van der Waals surface area contributed by atoms with Gasteiger partial charge in [-0.05, 0) is 58.0 Å². The van der Waals surface area contributed by atoms with Crippen molar-refractivity contribution in [2.75, 3.05) is 25.0 Å². The van der Waals surface area contributed by atoms with Gasteiger partial charge >= 0.3 is 0 Å². The Morgan fingerprint density at radius 1 is 1.17 bits per heavy atom. The predicted octanol–water partition coefficient (Wildman–Crippen LogP) is 5.23. The maximum atomic E-state index is 13.4. The van der Waals surface area contributed by atoms with Crippen LogP contribution in [0.5, 0.6) is 5.75 Å². The zero-order valence-electron chi connectivity index (χ0n) is 17.5. The lowest BCUT2D eigenvalue weighted by Gasteiger charge is -2.25. The lowest BCUT2D eigenvalue weighted by atomic mass is 10.0. The molecule has 154 valence electrons. The molecule has 3 rings (SSSR count). The third-order valence-electron chi connectivity index (χ3n) is 4.80. The second kappa shape index (κ2) is 8.55. The van der Waals surface area contributed by atoms with Gasteiger partial charge in [0.05, 0.1) is 17.4 Å². The van der Waals surface area contributed by atoms with E-state index >= 15 is 0 Å². The Balaban J connectivity index is 2.30. The Hall–Kier alpha value is -3.02. The number of benzene rings is 2. The Bertz CT molecular complexity index is 1010. The van der Waals surface area contributed by atoms with Crippen LogP contribution in [0.1, 0.15) is 38.1 Å². The van der Waals surface area contributed by atoms with Crippen LogP contribution in [0, 0.1) is 5.82 Å². The highest BCUT2D eigenvalue weighted by Crippen LogP contribution is 2.40. The number of halogens is 1. The van der Waals surface area contributed by atoms with Gasteiger partial charge in [0.2, 0.25) is 0 Å². The fourth-order valence-electron chi connectivity index (χ4n) is 3.43. The van der Waals surface area contributed by atoms with Crippen molar-refractivity contribution in [3.8, 4) is 17.1 Å². The van der Waals surface area contributed by atoms with E-state index in [4.69, 9.17) is 9.15 Å². The standard InChI is InChI=1S/C23H27FN2O3/c1-6-26(7-2)18-13-19-17(12-20(18)28-14(3)4)21(23(27)25-5)22(29-19)15-8-10-16(24)11-9-15/h8-14H,6-7H2,1-5H3,(H,25,27). The Morgan fingerprint density at radius 2 is 1.83 bits per heavy atom. The number of amides is 1. The number of hydrogen-bond acceptors (Lipinski definition) is 4. The van der Waals surface area contributed by atoms with Gasteiger partial charge in [-0.15, -0.1) is 0 Å². The summed E-state index contributed by atoms with van der Waals surface area (Å²) in [5.74, 6) is 0.497. The molecule has 1 heterocycles. The minimum Gasteiger partial charge on any atom is -0.489 e. The van der Waals surface area contributed by atoms with E-state index in [1.165, 1.54) is 12.1 Å². The molecule has 0 saturated carbocycles. The molecule has 0 spiro atoms. The van der Waals surface area contributed by atoms with E-state index < -0.39 is 0 Å². The summed E-state index contributed by atoms with van der Waals surface area (Å²) in [7, 11) is 1.57. The number of anilines is 1. The van der Waals surface area contributed by atoms with Gasteiger partial charge < -0.3 is 19.4 Å². The molecule has 0 unspecified atom stereocenters. The number of fused-ring (bicyclic) bond motifs is 1. The third-order valence-corrected chi connectivity index (χ3v) is 4.80. The van der Waals surface area contributed by atoms with Gasteiger partial charge in [0, 0.05) is 37.2 Å². The van der Waals surface area contributed by atoms with Gasteiger partial charge in [0.25, 0.3) is 5.91 Å². The second-order valence-electron chi connectivity index (χ2n) is 7.05. The minimum absolute atomic E-state index is 0.0197. The van der Waals surface area contributed by atoms with Crippen molar-refractivity contribution in [1.29, 1.82) is 0 Å². The van der Waals surface area contributed by atoms with Crippen LogP contribution in [0.15, 0.2) is 40.8 Å². The molecule has 0 aliphatic carbocycles. The molecule has 0 radical (unpaired) electrons. The quantitative estimate of drug-likeness (QED) is 0.592. The fraction of sp³-hybridized carbons (Fsp3) is 0.348. The molecule has 0 aliphatic heterocycles. The van der Waals surface area contributed by atoms with Crippen LogP contribution in [0.25, 0.3) is 22.3 Å². The van der Waals surface area contributed by atoms with Crippen molar-refractivity contribution < 1.29 is 18.3 Å². The number of carbonyl (C=O) groups is 1. The number of nitrogens with one attached hydrogen (secondary N) is 1. The molecule has 1 aromatic heterocycles. The minimum atomic E-state index is -0.345. The van der Waals surface area contributed by atoms with Crippen LogP contribution >= 0.6 is 0 Å². The lowest BCUT2D eigenvalue weighted by molar-refractivity contribution is 0.0964. The number of nitrogens with zero attached hydrogens (tertiary/aromatic N) is 1. The molecule has 2 aromatic carbocycles. The first-order valence-corrected chi connectivity index (χ1v) is 9.89. The summed E-state index contributed by atoms with van der Waals surface area (Å²) in [6.07, 6.45) is -0.0197. The molecule has 0 aliphatic rings. The van der Waals surface area contributed by atoms with Gasteiger partial charge in [-0.1, -0.05) is 0 Å². The molecule has 0 bridgehead atoms. The normalized spacial score (nSPS) is 11.1.